The number of pyridine rings is 1. The minimum Gasteiger partial charge on any atom is -0.478 e. The minimum atomic E-state index is -0.211. The van der Waals surface area contributed by atoms with Gasteiger partial charge in [0, 0.05) is 42.6 Å². The molecule has 0 saturated carbocycles. The average Bonchev–Trinajstić information content (AvgIpc) is 2.97. The number of piperidine rings is 1. The van der Waals surface area contributed by atoms with Crippen LogP contribution in [0.3, 0.4) is 0 Å². The van der Waals surface area contributed by atoms with E-state index in [1.165, 1.54) is 6.07 Å². The van der Waals surface area contributed by atoms with Crippen LogP contribution in [0, 0.1) is 11.7 Å². The van der Waals surface area contributed by atoms with E-state index in [1.54, 1.807) is 30.5 Å². The summed E-state index contributed by atoms with van der Waals surface area (Å²) >= 11 is 0. The Labute approximate surface area is 171 Å². The van der Waals surface area contributed by atoms with Crippen molar-refractivity contribution in [1.29, 1.82) is 0 Å². The Morgan fingerprint density at radius 2 is 2.14 bits per heavy atom. The molecule has 0 radical (unpaired) electrons. The van der Waals surface area contributed by atoms with Gasteiger partial charge in [-0.2, -0.15) is 0 Å². The summed E-state index contributed by atoms with van der Waals surface area (Å²) in [4.78, 5) is 21.5. The van der Waals surface area contributed by atoms with E-state index < -0.39 is 0 Å². The molecule has 1 aromatic heterocycles. The highest BCUT2D eigenvalue weighted by Gasteiger charge is 2.48. The number of nitrogens with zero attached hydrogens (tertiary/aromatic N) is 3. The number of carbonyl (C=O) groups is 1. The molecule has 1 aromatic carbocycles. The van der Waals surface area contributed by atoms with Gasteiger partial charge in [0.1, 0.15) is 5.82 Å². The molecule has 1 amide bonds. The predicted octanol–water partition coefficient (Wildman–Crippen LogP) is 4.14. The number of rotatable bonds is 4. The standard InChI is InChI=1S/C23H28FN3O2/c1-4-29-21-9-8-16(14-25-21)22(28)26-11-10-20-17(15-26)13-23(2,3)27(20)19-7-5-6-18(24)12-19/h5-9,12,14,17,20H,4,10-11,13,15H2,1-3H3/t17-,20+/m1/s1. The van der Waals surface area contributed by atoms with Gasteiger partial charge in [0.25, 0.3) is 5.91 Å². The highest BCUT2D eigenvalue weighted by atomic mass is 19.1. The smallest absolute Gasteiger partial charge is 0.255 e. The third-order valence-electron chi connectivity index (χ3n) is 6.09. The first-order valence-corrected chi connectivity index (χ1v) is 10.3. The number of benzene rings is 1. The Morgan fingerprint density at radius 3 is 2.83 bits per heavy atom. The molecule has 2 aliphatic heterocycles. The van der Waals surface area contributed by atoms with Gasteiger partial charge in [-0.25, -0.2) is 9.37 Å². The van der Waals surface area contributed by atoms with E-state index in [0.717, 1.165) is 18.5 Å². The van der Waals surface area contributed by atoms with Gasteiger partial charge in [-0.3, -0.25) is 4.79 Å². The largest absolute Gasteiger partial charge is 0.478 e. The Morgan fingerprint density at radius 1 is 1.31 bits per heavy atom. The van der Waals surface area contributed by atoms with E-state index in [1.807, 2.05) is 17.9 Å². The van der Waals surface area contributed by atoms with E-state index in [0.29, 0.717) is 43.1 Å². The molecule has 29 heavy (non-hydrogen) atoms. The van der Waals surface area contributed by atoms with Crippen molar-refractivity contribution in [3.63, 3.8) is 0 Å². The lowest BCUT2D eigenvalue weighted by molar-refractivity contribution is 0.0667. The van der Waals surface area contributed by atoms with Gasteiger partial charge in [0.05, 0.1) is 12.2 Å². The quantitative estimate of drug-likeness (QED) is 0.778. The van der Waals surface area contributed by atoms with E-state index in [-0.39, 0.29) is 17.3 Å². The maximum absolute atomic E-state index is 13.8. The van der Waals surface area contributed by atoms with Crippen LogP contribution in [0.25, 0.3) is 0 Å². The monoisotopic (exact) mass is 397 g/mol. The summed E-state index contributed by atoms with van der Waals surface area (Å²) in [6.07, 6.45) is 3.44. The highest BCUT2D eigenvalue weighted by Crippen LogP contribution is 2.44. The highest BCUT2D eigenvalue weighted by molar-refractivity contribution is 5.94. The number of hydrogen-bond donors (Lipinski definition) is 0. The number of fused-ring (bicyclic) bond motifs is 1. The van der Waals surface area contributed by atoms with Crippen molar-refractivity contribution >= 4 is 11.6 Å². The lowest BCUT2D eigenvalue weighted by atomic mass is 9.89. The number of amides is 1. The summed E-state index contributed by atoms with van der Waals surface area (Å²) in [5.74, 6) is 0.700. The topological polar surface area (TPSA) is 45.7 Å². The van der Waals surface area contributed by atoms with Crippen LogP contribution in [-0.4, -0.2) is 47.1 Å². The van der Waals surface area contributed by atoms with E-state index in [2.05, 4.69) is 23.7 Å². The fraction of sp³-hybridized carbons (Fsp3) is 0.478. The second-order valence-corrected chi connectivity index (χ2v) is 8.55. The molecule has 4 rings (SSSR count). The van der Waals surface area contributed by atoms with Crippen molar-refractivity contribution in [2.75, 3.05) is 24.6 Å². The zero-order chi connectivity index (χ0) is 20.6. The van der Waals surface area contributed by atoms with Crippen LogP contribution in [0.2, 0.25) is 0 Å². The maximum Gasteiger partial charge on any atom is 0.255 e. The van der Waals surface area contributed by atoms with Gasteiger partial charge in [0.2, 0.25) is 5.88 Å². The van der Waals surface area contributed by atoms with Gasteiger partial charge in [-0.05, 0) is 63.8 Å². The molecule has 0 unspecified atom stereocenters. The number of halogens is 1. The molecular weight excluding hydrogens is 369 g/mol. The zero-order valence-electron chi connectivity index (χ0n) is 17.3. The predicted molar refractivity (Wildman–Crippen MR) is 111 cm³/mol. The summed E-state index contributed by atoms with van der Waals surface area (Å²) in [5, 5.41) is 0. The summed E-state index contributed by atoms with van der Waals surface area (Å²) in [5.41, 5.74) is 1.44. The van der Waals surface area contributed by atoms with Crippen LogP contribution in [0.4, 0.5) is 10.1 Å². The first-order chi connectivity index (χ1) is 13.9. The number of likely N-dealkylation sites (tertiary alicyclic amines) is 1. The molecule has 154 valence electrons. The summed E-state index contributed by atoms with van der Waals surface area (Å²) in [7, 11) is 0. The Hall–Kier alpha value is -2.63. The van der Waals surface area contributed by atoms with Gasteiger partial charge >= 0.3 is 0 Å². The van der Waals surface area contributed by atoms with Gasteiger partial charge in [-0.1, -0.05) is 6.07 Å². The lowest BCUT2D eigenvalue weighted by Crippen LogP contribution is -2.50. The Balaban J connectivity index is 1.50. The second kappa shape index (κ2) is 7.65. The molecule has 2 saturated heterocycles. The van der Waals surface area contributed by atoms with Crippen LogP contribution in [0.15, 0.2) is 42.6 Å². The van der Waals surface area contributed by atoms with E-state index >= 15 is 0 Å². The Kier molecular flexibility index (Phi) is 5.19. The third kappa shape index (κ3) is 3.80. The summed E-state index contributed by atoms with van der Waals surface area (Å²) < 4.78 is 19.2. The third-order valence-corrected chi connectivity index (χ3v) is 6.09. The zero-order valence-corrected chi connectivity index (χ0v) is 17.3. The first-order valence-electron chi connectivity index (χ1n) is 10.3. The lowest BCUT2D eigenvalue weighted by Gasteiger charge is -2.41. The van der Waals surface area contributed by atoms with Crippen molar-refractivity contribution in [3.8, 4) is 5.88 Å². The molecule has 2 aromatic rings. The number of ether oxygens (including phenoxy) is 1. The minimum absolute atomic E-state index is 0.0148. The average molecular weight is 397 g/mol. The first kappa shape index (κ1) is 19.7. The van der Waals surface area contributed by atoms with Gasteiger partial charge in [0.15, 0.2) is 0 Å². The van der Waals surface area contributed by atoms with Crippen LogP contribution >= 0.6 is 0 Å². The molecule has 0 spiro atoms. The van der Waals surface area contributed by atoms with Crippen molar-refractivity contribution < 1.29 is 13.9 Å². The molecular formula is C23H28FN3O2. The summed E-state index contributed by atoms with van der Waals surface area (Å²) in [6.45, 7) is 8.27. The molecule has 0 aliphatic carbocycles. The SMILES string of the molecule is CCOc1ccc(C(=O)N2CC[C@H]3[C@@H](C2)CC(C)(C)N3c2cccc(F)c2)cn1. The van der Waals surface area contributed by atoms with Crippen molar-refractivity contribution in [3.05, 3.63) is 54.0 Å². The molecule has 6 heteroatoms. The molecule has 2 aliphatic rings. The van der Waals surface area contributed by atoms with Crippen molar-refractivity contribution in [1.82, 2.24) is 9.88 Å². The fourth-order valence-corrected chi connectivity index (χ4v) is 5.02. The Bertz CT molecular complexity index is 884. The molecule has 0 bridgehead atoms. The van der Waals surface area contributed by atoms with Crippen molar-refractivity contribution in [2.45, 2.75) is 45.2 Å². The summed E-state index contributed by atoms with van der Waals surface area (Å²) in [6, 6.07) is 10.7. The second-order valence-electron chi connectivity index (χ2n) is 8.55. The molecule has 3 heterocycles. The molecule has 2 fully saturated rings. The number of anilines is 1. The fourth-order valence-electron chi connectivity index (χ4n) is 5.02. The number of carbonyl (C=O) groups excluding carboxylic acids is 1. The van der Waals surface area contributed by atoms with Crippen molar-refractivity contribution in [2.24, 2.45) is 5.92 Å². The maximum atomic E-state index is 13.8. The van der Waals surface area contributed by atoms with Gasteiger partial charge < -0.3 is 14.5 Å². The van der Waals surface area contributed by atoms with Crippen LogP contribution in [-0.2, 0) is 0 Å². The molecule has 5 nitrogen and oxygen atoms in total. The normalized spacial score (nSPS) is 23.0. The van der Waals surface area contributed by atoms with Crippen LogP contribution < -0.4 is 9.64 Å². The number of aromatic nitrogens is 1. The van der Waals surface area contributed by atoms with Crippen LogP contribution in [0.5, 0.6) is 5.88 Å². The molecule has 0 N–H and O–H groups in total. The van der Waals surface area contributed by atoms with E-state index in [9.17, 15) is 9.18 Å². The molecule has 2 atom stereocenters. The van der Waals surface area contributed by atoms with Gasteiger partial charge in [-0.15, -0.1) is 0 Å². The number of hydrogen-bond acceptors (Lipinski definition) is 4. The van der Waals surface area contributed by atoms with E-state index in [4.69, 9.17) is 4.74 Å². The van der Waals surface area contributed by atoms with Crippen LogP contribution in [0.1, 0.15) is 44.0 Å².